The van der Waals surface area contributed by atoms with E-state index in [0.717, 1.165) is 37.9 Å². The van der Waals surface area contributed by atoms with Crippen molar-refractivity contribution in [1.82, 2.24) is 10.2 Å². The van der Waals surface area contributed by atoms with E-state index in [4.69, 9.17) is 0 Å². The van der Waals surface area contributed by atoms with Crippen LogP contribution in [0.25, 0.3) is 0 Å². The SMILES string of the molecule is CC(C)c1cc(C(=O)N2CCC3(CCC(=O)N3)CC2)cs1. The second kappa shape index (κ2) is 5.44. The van der Waals surface area contributed by atoms with Gasteiger partial charge >= 0.3 is 0 Å². The maximum atomic E-state index is 12.5. The van der Waals surface area contributed by atoms with Gasteiger partial charge in [-0.3, -0.25) is 9.59 Å². The summed E-state index contributed by atoms with van der Waals surface area (Å²) in [7, 11) is 0. The normalized spacial score (nSPS) is 21.1. The molecule has 114 valence electrons. The van der Waals surface area contributed by atoms with E-state index in [1.807, 2.05) is 16.3 Å². The summed E-state index contributed by atoms with van der Waals surface area (Å²) in [5.41, 5.74) is 0.779. The first-order valence-electron chi connectivity index (χ1n) is 7.68. The zero-order valence-electron chi connectivity index (χ0n) is 12.6. The molecule has 3 heterocycles. The summed E-state index contributed by atoms with van der Waals surface area (Å²) in [6.07, 6.45) is 3.32. The fraction of sp³-hybridized carbons (Fsp3) is 0.625. The first-order valence-corrected chi connectivity index (χ1v) is 8.56. The van der Waals surface area contributed by atoms with Crippen molar-refractivity contribution in [3.8, 4) is 0 Å². The van der Waals surface area contributed by atoms with E-state index >= 15 is 0 Å². The van der Waals surface area contributed by atoms with Crippen molar-refractivity contribution in [2.24, 2.45) is 0 Å². The second-order valence-electron chi connectivity index (χ2n) is 6.51. The molecule has 1 aromatic heterocycles. The number of hydrogen-bond donors (Lipinski definition) is 1. The van der Waals surface area contributed by atoms with Crippen molar-refractivity contribution in [2.45, 2.75) is 51.0 Å². The van der Waals surface area contributed by atoms with Crippen LogP contribution in [0.1, 0.15) is 60.7 Å². The molecule has 2 aliphatic rings. The van der Waals surface area contributed by atoms with Crippen LogP contribution in [0, 0.1) is 0 Å². The largest absolute Gasteiger partial charge is 0.351 e. The molecule has 0 atom stereocenters. The van der Waals surface area contributed by atoms with E-state index < -0.39 is 0 Å². The standard InChI is InChI=1S/C16H22N2O2S/c1-11(2)13-9-12(10-21-13)15(20)18-7-5-16(6-8-18)4-3-14(19)17-16/h9-11H,3-8H2,1-2H3,(H,17,19). The maximum absolute atomic E-state index is 12.5. The average molecular weight is 306 g/mol. The molecule has 0 saturated carbocycles. The molecule has 21 heavy (non-hydrogen) atoms. The Morgan fingerprint density at radius 2 is 2.05 bits per heavy atom. The molecule has 0 aromatic carbocycles. The Bertz CT molecular complexity index is 556. The molecule has 2 aliphatic heterocycles. The lowest BCUT2D eigenvalue weighted by atomic mass is 9.86. The van der Waals surface area contributed by atoms with Crippen LogP contribution in [-0.4, -0.2) is 35.3 Å². The smallest absolute Gasteiger partial charge is 0.254 e. The van der Waals surface area contributed by atoms with Gasteiger partial charge in [-0.25, -0.2) is 0 Å². The highest BCUT2D eigenvalue weighted by Crippen LogP contribution is 2.32. The van der Waals surface area contributed by atoms with Gasteiger partial charge in [-0.05, 0) is 31.2 Å². The molecule has 0 radical (unpaired) electrons. The van der Waals surface area contributed by atoms with Crippen molar-refractivity contribution < 1.29 is 9.59 Å². The number of likely N-dealkylation sites (tertiary alicyclic amines) is 1. The van der Waals surface area contributed by atoms with Crippen LogP contribution in [0.3, 0.4) is 0 Å². The Balaban J connectivity index is 1.63. The molecule has 2 saturated heterocycles. The summed E-state index contributed by atoms with van der Waals surface area (Å²) in [6.45, 7) is 5.78. The van der Waals surface area contributed by atoms with Gasteiger partial charge in [0, 0.05) is 35.3 Å². The molecule has 3 rings (SSSR count). The summed E-state index contributed by atoms with van der Waals surface area (Å²) in [4.78, 5) is 27.2. The first-order chi connectivity index (χ1) is 9.99. The highest BCUT2D eigenvalue weighted by molar-refractivity contribution is 7.10. The van der Waals surface area contributed by atoms with Crippen molar-refractivity contribution in [3.63, 3.8) is 0 Å². The number of thiophene rings is 1. The zero-order chi connectivity index (χ0) is 15.0. The summed E-state index contributed by atoms with van der Waals surface area (Å²) in [5, 5.41) is 5.08. The van der Waals surface area contributed by atoms with E-state index in [2.05, 4.69) is 19.2 Å². The molecule has 1 aromatic rings. The zero-order valence-corrected chi connectivity index (χ0v) is 13.5. The van der Waals surface area contributed by atoms with Gasteiger partial charge in [0.25, 0.3) is 5.91 Å². The maximum Gasteiger partial charge on any atom is 0.254 e. The molecule has 1 spiro atoms. The lowest BCUT2D eigenvalue weighted by molar-refractivity contribution is -0.120. The molecule has 5 heteroatoms. The summed E-state index contributed by atoms with van der Waals surface area (Å²) >= 11 is 1.66. The van der Waals surface area contributed by atoms with Crippen molar-refractivity contribution in [3.05, 3.63) is 21.9 Å². The third-order valence-corrected chi connectivity index (χ3v) is 5.91. The molecule has 2 fully saturated rings. The minimum absolute atomic E-state index is 0.0361. The third kappa shape index (κ3) is 2.84. The lowest BCUT2D eigenvalue weighted by Gasteiger charge is -2.39. The Hall–Kier alpha value is -1.36. The van der Waals surface area contributed by atoms with Crippen molar-refractivity contribution >= 4 is 23.2 Å². The molecular formula is C16H22N2O2S. The lowest BCUT2D eigenvalue weighted by Crippen LogP contribution is -2.52. The minimum Gasteiger partial charge on any atom is -0.351 e. The number of nitrogens with one attached hydrogen (secondary N) is 1. The van der Waals surface area contributed by atoms with Gasteiger partial charge in [-0.2, -0.15) is 0 Å². The van der Waals surface area contributed by atoms with Gasteiger partial charge in [-0.1, -0.05) is 13.8 Å². The van der Waals surface area contributed by atoms with Crippen molar-refractivity contribution in [2.75, 3.05) is 13.1 Å². The third-order valence-electron chi connectivity index (χ3n) is 4.68. The van der Waals surface area contributed by atoms with Gasteiger partial charge < -0.3 is 10.2 Å². The van der Waals surface area contributed by atoms with E-state index in [1.54, 1.807) is 11.3 Å². The van der Waals surface area contributed by atoms with Crippen LogP contribution in [0.2, 0.25) is 0 Å². The first kappa shape index (κ1) is 14.6. The van der Waals surface area contributed by atoms with Gasteiger partial charge in [0.15, 0.2) is 0 Å². The number of rotatable bonds is 2. The Kier molecular flexibility index (Phi) is 3.78. The monoisotopic (exact) mass is 306 g/mol. The minimum atomic E-state index is -0.0361. The number of hydrogen-bond acceptors (Lipinski definition) is 3. The second-order valence-corrected chi connectivity index (χ2v) is 7.46. The Morgan fingerprint density at radius 1 is 1.33 bits per heavy atom. The molecule has 0 unspecified atom stereocenters. The molecule has 0 aliphatic carbocycles. The number of carbonyl (C=O) groups excluding carboxylic acids is 2. The van der Waals surface area contributed by atoms with Gasteiger partial charge in [0.05, 0.1) is 5.56 Å². The molecule has 0 bridgehead atoms. The van der Waals surface area contributed by atoms with E-state index in [9.17, 15) is 9.59 Å². The van der Waals surface area contributed by atoms with Crippen LogP contribution in [-0.2, 0) is 4.79 Å². The quantitative estimate of drug-likeness (QED) is 0.913. The highest BCUT2D eigenvalue weighted by atomic mass is 32.1. The van der Waals surface area contributed by atoms with Gasteiger partial charge in [0.1, 0.15) is 0 Å². The average Bonchev–Trinajstić information content (AvgIpc) is 3.07. The van der Waals surface area contributed by atoms with Gasteiger partial charge in [-0.15, -0.1) is 11.3 Å². The van der Waals surface area contributed by atoms with Crippen LogP contribution in [0.5, 0.6) is 0 Å². The van der Waals surface area contributed by atoms with Crippen LogP contribution < -0.4 is 5.32 Å². The Morgan fingerprint density at radius 3 is 2.57 bits per heavy atom. The Labute approximate surface area is 129 Å². The fourth-order valence-corrected chi connectivity index (χ4v) is 4.14. The van der Waals surface area contributed by atoms with E-state index in [-0.39, 0.29) is 17.4 Å². The molecule has 1 N–H and O–H groups in total. The molecule has 2 amide bonds. The number of amides is 2. The van der Waals surface area contributed by atoms with E-state index in [1.165, 1.54) is 4.88 Å². The molecule has 4 nitrogen and oxygen atoms in total. The van der Waals surface area contributed by atoms with Crippen LogP contribution in [0.15, 0.2) is 11.4 Å². The number of nitrogens with zero attached hydrogens (tertiary/aromatic N) is 1. The molecular weight excluding hydrogens is 284 g/mol. The van der Waals surface area contributed by atoms with Gasteiger partial charge in [0.2, 0.25) is 5.91 Å². The predicted molar refractivity (Wildman–Crippen MR) is 83.7 cm³/mol. The van der Waals surface area contributed by atoms with E-state index in [0.29, 0.717) is 12.3 Å². The number of carbonyl (C=O) groups is 2. The van der Waals surface area contributed by atoms with Crippen LogP contribution >= 0.6 is 11.3 Å². The predicted octanol–water partition coefficient (Wildman–Crippen LogP) is 2.76. The van der Waals surface area contributed by atoms with Crippen molar-refractivity contribution in [1.29, 1.82) is 0 Å². The number of piperidine rings is 1. The highest BCUT2D eigenvalue weighted by Gasteiger charge is 2.41. The summed E-state index contributed by atoms with van der Waals surface area (Å²) in [6, 6.07) is 2.03. The topological polar surface area (TPSA) is 49.4 Å². The summed E-state index contributed by atoms with van der Waals surface area (Å²) in [5.74, 6) is 0.765. The van der Waals surface area contributed by atoms with Crippen LogP contribution in [0.4, 0.5) is 0 Å². The fourth-order valence-electron chi connectivity index (χ4n) is 3.24. The summed E-state index contributed by atoms with van der Waals surface area (Å²) < 4.78 is 0.